The Balaban J connectivity index is 1.25. The molecule has 212 valence electrons. The van der Waals surface area contributed by atoms with Gasteiger partial charge in [-0.05, 0) is 47.5 Å². The maximum absolute atomic E-state index is 6.39. The zero-order valence-corrected chi connectivity index (χ0v) is 24.5. The van der Waals surface area contributed by atoms with Gasteiger partial charge in [-0.1, -0.05) is 103 Å². The molecule has 5 nitrogen and oxygen atoms in total. The van der Waals surface area contributed by atoms with E-state index in [-0.39, 0.29) is 0 Å². The van der Waals surface area contributed by atoms with Crippen LogP contribution in [-0.4, -0.2) is 19.5 Å². The molecule has 0 aliphatic carbocycles. The summed E-state index contributed by atoms with van der Waals surface area (Å²) in [6.45, 7) is 0. The zero-order valence-electron chi connectivity index (χ0n) is 24.5. The molecule has 0 amide bonds. The molecule has 0 aliphatic heterocycles. The molecule has 0 fully saturated rings. The predicted molar refractivity (Wildman–Crippen MR) is 183 cm³/mol. The van der Waals surface area contributed by atoms with Crippen LogP contribution in [-0.2, 0) is 7.05 Å². The lowest BCUT2D eigenvalue weighted by Gasteiger charge is -2.09. The van der Waals surface area contributed by atoms with Gasteiger partial charge in [0.25, 0.3) is 0 Å². The second kappa shape index (κ2) is 10.00. The molecule has 0 N–H and O–H groups in total. The molecule has 3 aromatic heterocycles. The number of benzene rings is 6. The van der Waals surface area contributed by atoms with Gasteiger partial charge in [0, 0.05) is 56.3 Å². The van der Waals surface area contributed by atoms with Crippen molar-refractivity contribution in [3.8, 4) is 45.3 Å². The highest BCUT2D eigenvalue weighted by atomic mass is 16.3. The van der Waals surface area contributed by atoms with E-state index in [1.165, 1.54) is 21.8 Å². The fourth-order valence-electron chi connectivity index (χ4n) is 6.47. The van der Waals surface area contributed by atoms with Crippen molar-refractivity contribution in [1.29, 1.82) is 0 Å². The lowest BCUT2D eigenvalue weighted by Crippen LogP contribution is -2.00. The molecule has 3 heterocycles. The van der Waals surface area contributed by atoms with Crippen molar-refractivity contribution < 1.29 is 4.42 Å². The van der Waals surface area contributed by atoms with Gasteiger partial charge in [0.15, 0.2) is 17.5 Å². The molecule has 5 heteroatoms. The quantitative estimate of drug-likeness (QED) is 0.208. The maximum Gasteiger partial charge on any atom is 0.164 e. The standard InChI is InChI=1S/C40H26N4O/c1-44-33-17-9-8-15-29(33)31-23-27(19-21-34(31)44)28-20-22-35-32(24-28)37-30(16-10-18-36(37)45-35)40-42-38(25-11-4-2-5-12-25)41-39(43-40)26-13-6-3-7-14-26/h2-24H,1H3. The van der Waals surface area contributed by atoms with Gasteiger partial charge in [0.2, 0.25) is 0 Å². The zero-order chi connectivity index (χ0) is 29.9. The van der Waals surface area contributed by atoms with E-state index >= 15 is 0 Å². The van der Waals surface area contributed by atoms with Crippen molar-refractivity contribution in [3.63, 3.8) is 0 Å². The van der Waals surface area contributed by atoms with Crippen LogP contribution in [0.3, 0.4) is 0 Å². The number of para-hydroxylation sites is 1. The Morgan fingerprint density at radius 2 is 1.04 bits per heavy atom. The summed E-state index contributed by atoms with van der Waals surface area (Å²) in [5.74, 6) is 1.88. The Morgan fingerprint density at radius 3 is 1.78 bits per heavy atom. The smallest absolute Gasteiger partial charge is 0.164 e. The predicted octanol–water partition coefficient (Wildman–Crippen LogP) is 10.1. The topological polar surface area (TPSA) is 56.7 Å². The van der Waals surface area contributed by atoms with Crippen LogP contribution < -0.4 is 0 Å². The number of fused-ring (bicyclic) bond motifs is 6. The lowest BCUT2D eigenvalue weighted by molar-refractivity contribution is 0.669. The Kier molecular flexibility index (Phi) is 5.65. The van der Waals surface area contributed by atoms with Crippen LogP contribution in [0.25, 0.3) is 89.0 Å². The Labute approximate surface area is 259 Å². The molecule has 0 spiro atoms. The van der Waals surface area contributed by atoms with E-state index in [0.717, 1.165) is 49.8 Å². The number of aryl methyl sites for hydroxylation is 1. The third-order valence-corrected chi connectivity index (χ3v) is 8.68. The molecule has 6 aromatic carbocycles. The first-order chi connectivity index (χ1) is 22.2. The molecule has 0 saturated heterocycles. The van der Waals surface area contributed by atoms with E-state index in [9.17, 15) is 0 Å². The van der Waals surface area contributed by atoms with Gasteiger partial charge in [-0.2, -0.15) is 0 Å². The number of hydrogen-bond donors (Lipinski definition) is 0. The fraction of sp³-hybridized carbons (Fsp3) is 0.0250. The van der Waals surface area contributed by atoms with Crippen LogP contribution in [0.4, 0.5) is 0 Å². The third kappa shape index (κ3) is 4.13. The van der Waals surface area contributed by atoms with Gasteiger partial charge in [0.05, 0.1) is 0 Å². The molecule has 45 heavy (non-hydrogen) atoms. The number of aromatic nitrogens is 4. The van der Waals surface area contributed by atoms with E-state index in [4.69, 9.17) is 19.4 Å². The number of furan rings is 1. The van der Waals surface area contributed by atoms with Crippen LogP contribution in [0.1, 0.15) is 0 Å². The van der Waals surface area contributed by atoms with Gasteiger partial charge < -0.3 is 8.98 Å². The second-order valence-electron chi connectivity index (χ2n) is 11.3. The number of rotatable bonds is 4. The first-order valence-corrected chi connectivity index (χ1v) is 15.0. The molecular formula is C40H26N4O. The number of hydrogen-bond acceptors (Lipinski definition) is 4. The summed E-state index contributed by atoms with van der Waals surface area (Å²) in [7, 11) is 2.13. The van der Waals surface area contributed by atoms with E-state index in [1.54, 1.807) is 0 Å². The SMILES string of the molecule is Cn1c2ccccc2c2cc(-c3ccc4oc5cccc(-c6nc(-c7ccccc7)nc(-c7ccccc7)n6)c5c4c3)ccc21. The molecule has 0 unspecified atom stereocenters. The Bertz CT molecular complexity index is 2490. The van der Waals surface area contributed by atoms with Crippen LogP contribution >= 0.6 is 0 Å². The number of nitrogens with zero attached hydrogens (tertiary/aromatic N) is 4. The summed E-state index contributed by atoms with van der Waals surface area (Å²) in [6, 6.07) is 47.9. The molecule has 0 saturated carbocycles. The summed E-state index contributed by atoms with van der Waals surface area (Å²) in [5.41, 5.74) is 9.14. The first-order valence-electron chi connectivity index (χ1n) is 15.0. The van der Waals surface area contributed by atoms with E-state index in [2.05, 4.69) is 78.3 Å². The summed E-state index contributed by atoms with van der Waals surface area (Å²) >= 11 is 0. The monoisotopic (exact) mass is 578 g/mol. The molecule has 0 bridgehead atoms. The minimum atomic E-state index is 0.610. The Morgan fingerprint density at radius 1 is 0.444 bits per heavy atom. The largest absolute Gasteiger partial charge is 0.456 e. The molecule has 9 rings (SSSR count). The average Bonchev–Trinajstić information content (AvgIpc) is 3.63. The molecule has 0 atom stereocenters. The van der Waals surface area contributed by atoms with Crippen LogP contribution in [0.5, 0.6) is 0 Å². The molecule has 0 aliphatic rings. The molecule has 0 radical (unpaired) electrons. The van der Waals surface area contributed by atoms with Gasteiger partial charge in [-0.3, -0.25) is 0 Å². The van der Waals surface area contributed by atoms with E-state index in [1.807, 2.05) is 72.8 Å². The van der Waals surface area contributed by atoms with Crippen molar-refractivity contribution >= 4 is 43.7 Å². The van der Waals surface area contributed by atoms with Gasteiger partial charge in [-0.15, -0.1) is 0 Å². The Hall–Kier alpha value is -6.07. The van der Waals surface area contributed by atoms with E-state index < -0.39 is 0 Å². The average molecular weight is 579 g/mol. The van der Waals surface area contributed by atoms with Gasteiger partial charge >= 0.3 is 0 Å². The lowest BCUT2D eigenvalue weighted by atomic mass is 9.99. The van der Waals surface area contributed by atoms with Gasteiger partial charge in [-0.25, -0.2) is 15.0 Å². The third-order valence-electron chi connectivity index (χ3n) is 8.68. The van der Waals surface area contributed by atoms with Crippen molar-refractivity contribution in [2.24, 2.45) is 7.05 Å². The first kappa shape index (κ1) is 25.4. The van der Waals surface area contributed by atoms with Gasteiger partial charge in [0.1, 0.15) is 11.2 Å². The van der Waals surface area contributed by atoms with E-state index in [0.29, 0.717) is 17.5 Å². The highest BCUT2D eigenvalue weighted by Gasteiger charge is 2.18. The van der Waals surface area contributed by atoms with Crippen molar-refractivity contribution in [2.75, 3.05) is 0 Å². The normalized spacial score (nSPS) is 11.7. The van der Waals surface area contributed by atoms with Crippen molar-refractivity contribution in [3.05, 3.63) is 140 Å². The van der Waals surface area contributed by atoms with Crippen LogP contribution in [0.2, 0.25) is 0 Å². The summed E-state index contributed by atoms with van der Waals surface area (Å²) < 4.78 is 8.65. The summed E-state index contributed by atoms with van der Waals surface area (Å²) in [4.78, 5) is 14.9. The molecular weight excluding hydrogens is 552 g/mol. The fourth-order valence-corrected chi connectivity index (χ4v) is 6.47. The maximum atomic E-state index is 6.39. The van der Waals surface area contributed by atoms with Crippen LogP contribution in [0, 0.1) is 0 Å². The van der Waals surface area contributed by atoms with Crippen molar-refractivity contribution in [2.45, 2.75) is 0 Å². The molecule has 9 aromatic rings. The minimum absolute atomic E-state index is 0.610. The van der Waals surface area contributed by atoms with Crippen molar-refractivity contribution in [1.82, 2.24) is 19.5 Å². The second-order valence-corrected chi connectivity index (χ2v) is 11.3. The van der Waals surface area contributed by atoms with Crippen LogP contribution in [0.15, 0.2) is 144 Å². The highest BCUT2D eigenvalue weighted by Crippen LogP contribution is 2.39. The minimum Gasteiger partial charge on any atom is -0.456 e. The summed E-state index contributed by atoms with van der Waals surface area (Å²) in [5, 5.41) is 4.52. The summed E-state index contributed by atoms with van der Waals surface area (Å²) in [6.07, 6.45) is 0. The highest BCUT2D eigenvalue weighted by molar-refractivity contribution is 6.13.